The van der Waals surface area contributed by atoms with Crippen molar-refractivity contribution in [2.24, 2.45) is 0 Å². The van der Waals surface area contributed by atoms with Crippen LogP contribution in [0.1, 0.15) is 13.3 Å². The van der Waals surface area contributed by atoms with Crippen LogP contribution in [0.3, 0.4) is 0 Å². The van der Waals surface area contributed by atoms with Gasteiger partial charge in [0.05, 0.1) is 18.0 Å². The fourth-order valence-corrected chi connectivity index (χ4v) is 1.38. The molecule has 3 nitrogen and oxygen atoms in total. The minimum Gasteiger partial charge on any atom is -0.490 e. The average Bonchev–Trinajstić information content (AvgIpc) is 2.26. The van der Waals surface area contributed by atoms with E-state index in [1.165, 1.54) is 6.07 Å². The lowest BCUT2D eigenvalue weighted by Gasteiger charge is -2.12. The van der Waals surface area contributed by atoms with Gasteiger partial charge in [0, 0.05) is 23.2 Å². The smallest absolute Gasteiger partial charge is 0.167 e. The van der Waals surface area contributed by atoms with Gasteiger partial charge in [-0.3, -0.25) is 0 Å². The standard InChI is InChI=1S/C12H16BrFN2O/c1-3-4-17-12-6-11(16-7-8(2)13)10(15)5-9(12)14/h5-6,16H,2-4,7,15H2,1H3. The molecule has 17 heavy (non-hydrogen) atoms. The van der Waals surface area contributed by atoms with Crippen LogP contribution in [0.2, 0.25) is 0 Å². The average molecular weight is 303 g/mol. The van der Waals surface area contributed by atoms with Crippen LogP contribution < -0.4 is 15.8 Å². The quantitative estimate of drug-likeness (QED) is 0.791. The van der Waals surface area contributed by atoms with Crippen molar-refractivity contribution in [1.82, 2.24) is 0 Å². The van der Waals surface area contributed by atoms with Crippen LogP contribution in [0.15, 0.2) is 23.2 Å². The Labute approximate surface area is 109 Å². The van der Waals surface area contributed by atoms with Gasteiger partial charge in [-0.15, -0.1) is 0 Å². The molecule has 0 saturated heterocycles. The summed E-state index contributed by atoms with van der Waals surface area (Å²) in [6, 6.07) is 2.82. The molecule has 0 saturated carbocycles. The SMILES string of the molecule is C=C(Br)CNc1cc(OCCC)c(F)cc1N. The topological polar surface area (TPSA) is 47.3 Å². The van der Waals surface area contributed by atoms with Crippen LogP contribution in [0.4, 0.5) is 15.8 Å². The highest BCUT2D eigenvalue weighted by Crippen LogP contribution is 2.28. The Hall–Kier alpha value is -1.23. The number of benzene rings is 1. The van der Waals surface area contributed by atoms with Crippen LogP contribution in [0, 0.1) is 5.82 Å². The van der Waals surface area contributed by atoms with Gasteiger partial charge in [-0.25, -0.2) is 4.39 Å². The van der Waals surface area contributed by atoms with Crippen molar-refractivity contribution in [2.45, 2.75) is 13.3 Å². The third-order valence-electron chi connectivity index (χ3n) is 2.04. The van der Waals surface area contributed by atoms with E-state index in [9.17, 15) is 4.39 Å². The first-order valence-corrected chi connectivity index (χ1v) is 6.12. The number of hydrogen-bond acceptors (Lipinski definition) is 3. The van der Waals surface area contributed by atoms with Crippen LogP contribution >= 0.6 is 15.9 Å². The monoisotopic (exact) mass is 302 g/mol. The van der Waals surface area contributed by atoms with Gasteiger partial charge in [-0.2, -0.15) is 0 Å². The summed E-state index contributed by atoms with van der Waals surface area (Å²) in [4.78, 5) is 0. The van der Waals surface area contributed by atoms with Gasteiger partial charge in [-0.1, -0.05) is 29.4 Å². The number of nitrogens with two attached hydrogens (primary N) is 1. The van der Waals surface area contributed by atoms with Gasteiger partial charge < -0.3 is 15.8 Å². The third-order valence-corrected chi connectivity index (χ3v) is 2.32. The molecule has 0 fully saturated rings. The summed E-state index contributed by atoms with van der Waals surface area (Å²) in [6.45, 7) is 6.65. The summed E-state index contributed by atoms with van der Waals surface area (Å²) in [5.41, 5.74) is 6.69. The molecule has 1 aromatic rings. The molecular weight excluding hydrogens is 287 g/mol. The Balaban J connectivity index is 2.85. The van der Waals surface area contributed by atoms with Crippen LogP contribution in [-0.2, 0) is 0 Å². The maximum Gasteiger partial charge on any atom is 0.167 e. The largest absolute Gasteiger partial charge is 0.490 e. The van der Waals surface area contributed by atoms with Crippen LogP contribution in [0.5, 0.6) is 5.75 Å². The van der Waals surface area contributed by atoms with E-state index in [-0.39, 0.29) is 5.75 Å². The molecule has 0 aliphatic heterocycles. The first kappa shape index (κ1) is 13.8. The maximum absolute atomic E-state index is 13.5. The lowest BCUT2D eigenvalue weighted by Crippen LogP contribution is -2.06. The van der Waals surface area contributed by atoms with Crippen molar-refractivity contribution in [3.05, 3.63) is 29.0 Å². The zero-order valence-electron chi connectivity index (χ0n) is 9.72. The van der Waals surface area contributed by atoms with Gasteiger partial charge in [0.2, 0.25) is 0 Å². The molecule has 0 unspecified atom stereocenters. The Morgan fingerprint density at radius 3 is 2.88 bits per heavy atom. The van der Waals surface area contributed by atoms with Gasteiger partial charge in [0.1, 0.15) is 0 Å². The van der Waals surface area contributed by atoms with E-state index in [0.717, 1.165) is 10.9 Å². The first-order chi connectivity index (χ1) is 8.04. The second kappa shape index (κ2) is 6.49. The highest BCUT2D eigenvalue weighted by molar-refractivity contribution is 9.11. The van der Waals surface area contributed by atoms with Gasteiger partial charge >= 0.3 is 0 Å². The summed E-state index contributed by atoms with van der Waals surface area (Å²) >= 11 is 3.23. The fraction of sp³-hybridized carbons (Fsp3) is 0.333. The summed E-state index contributed by atoms with van der Waals surface area (Å²) < 4.78 is 19.6. The van der Waals surface area contributed by atoms with E-state index in [4.69, 9.17) is 10.5 Å². The van der Waals surface area contributed by atoms with Crippen molar-refractivity contribution in [3.8, 4) is 5.75 Å². The Kier molecular flexibility index (Phi) is 5.28. The minimum absolute atomic E-state index is 0.212. The maximum atomic E-state index is 13.5. The molecular formula is C12H16BrFN2O. The molecule has 0 aromatic heterocycles. The number of ether oxygens (including phenoxy) is 1. The van der Waals surface area contributed by atoms with Crippen molar-refractivity contribution < 1.29 is 9.13 Å². The van der Waals surface area contributed by atoms with E-state index in [0.29, 0.717) is 24.5 Å². The molecule has 0 aliphatic rings. The second-order valence-electron chi connectivity index (χ2n) is 3.59. The summed E-state index contributed by atoms with van der Waals surface area (Å²) in [5, 5.41) is 3.04. The molecule has 94 valence electrons. The van der Waals surface area contributed by atoms with Crippen molar-refractivity contribution >= 4 is 27.3 Å². The molecule has 1 rings (SSSR count). The van der Waals surface area contributed by atoms with E-state index in [2.05, 4.69) is 27.8 Å². The Morgan fingerprint density at radius 1 is 1.59 bits per heavy atom. The van der Waals surface area contributed by atoms with E-state index in [1.54, 1.807) is 6.07 Å². The molecule has 0 bridgehead atoms. The highest BCUT2D eigenvalue weighted by Gasteiger charge is 2.08. The molecule has 0 radical (unpaired) electrons. The van der Waals surface area contributed by atoms with Crippen molar-refractivity contribution in [1.29, 1.82) is 0 Å². The predicted octanol–water partition coefficient (Wildman–Crippen LogP) is 3.52. The molecule has 0 spiro atoms. The lowest BCUT2D eigenvalue weighted by atomic mass is 10.2. The summed E-state index contributed by atoms with van der Waals surface area (Å²) in [5.74, 6) is -0.233. The van der Waals surface area contributed by atoms with Crippen LogP contribution in [0.25, 0.3) is 0 Å². The number of rotatable bonds is 6. The molecule has 1 aromatic carbocycles. The first-order valence-electron chi connectivity index (χ1n) is 5.33. The van der Waals surface area contributed by atoms with Crippen molar-refractivity contribution in [3.63, 3.8) is 0 Å². The van der Waals surface area contributed by atoms with Gasteiger partial charge in [-0.05, 0) is 6.42 Å². The molecule has 5 heteroatoms. The summed E-state index contributed by atoms with van der Waals surface area (Å²) in [6.07, 6.45) is 0.824. The molecule has 0 aliphatic carbocycles. The van der Waals surface area contributed by atoms with E-state index < -0.39 is 5.82 Å². The Bertz CT molecular complexity index is 410. The number of anilines is 2. The number of halogens is 2. The predicted molar refractivity (Wildman–Crippen MR) is 73.2 cm³/mol. The highest BCUT2D eigenvalue weighted by atomic mass is 79.9. The number of hydrogen-bond donors (Lipinski definition) is 2. The zero-order chi connectivity index (χ0) is 12.8. The number of nitrogen functional groups attached to an aromatic ring is 1. The second-order valence-corrected chi connectivity index (χ2v) is 4.71. The number of nitrogens with one attached hydrogen (secondary N) is 1. The lowest BCUT2D eigenvalue weighted by molar-refractivity contribution is 0.301. The third kappa shape index (κ3) is 4.26. The normalized spacial score (nSPS) is 10.1. The molecule has 0 amide bonds. The minimum atomic E-state index is -0.445. The van der Waals surface area contributed by atoms with E-state index in [1.807, 2.05) is 6.92 Å². The molecule has 3 N–H and O–H groups in total. The summed E-state index contributed by atoms with van der Waals surface area (Å²) in [7, 11) is 0. The zero-order valence-corrected chi connectivity index (χ0v) is 11.3. The van der Waals surface area contributed by atoms with E-state index >= 15 is 0 Å². The Morgan fingerprint density at radius 2 is 2.29 bits per heavy atom. The van der Waals surface area contributed by atoms with Crippen molar-refractivity contribution in [2.75, 3.05) is 24.2 Å². The molecule has 0 atom stereocenters. The van der Waals surface area contributed by atoms with Gasteiger partial charge in [0.15, 0.2) is 11.6 Å². The van der Waals surface area contributed by atoms with Gasteiger partial charge in [0.25, 0.3) is 0 Å². The molecule has 0 heterocycles. The van der Waals surface area contributed by atoms with Crippen LogP contribution in [-0.4, -0.2) is 13.2 Å². The fourth-order valence-electron chi connectivity index (χ4n) is 1.24.